The highest BCUT2D eigenvalue weighted by Crippen LogP contribution is 2.30. The molecule has 0 unspecified atom stereocenters. The van der Waals surface area contributed by atoms with E-state index in [-0.39, 0.29) is 48.6 Å². The van der Waals surface area contributed by atoms with Crippen molar-refractivity contribution in [2.24, 2.45) is 5.92 Å². The number of carbonyl (C=O) groups excluding carboxylic acids is 2. The van der Waals surface area contributed by atoms with E-state index in [1.54, 1.807) is 6.92 Å². The van der Waals surface area contributed by atoms with Gasteiger partial charge in [0.15, 0.2) is 0 Å². The minimum absolute atomic E-state index is 0.0638. The number of halogens is 1. The molecule has 202 valence electrons. The number of nitrogens with one attached hydrogen (secondary N) is 1. The van der Waals surface area contributed by atoms with Gasteiger partial charge >= 0.3 is 0 Å². The Balaban J connectivity index is 1.37. The van der Waals surface area contributed by atoms with Crippen LogP contribution in [0.25, 0.3) is 11.4 Å². The Bertz CT molecular complexity index is 1530. The van der Waals surface area contributed by atoms with Crippen molar-refractivity contribution in [1.82, 2.24) is 25.1 Å². The van der Waals surface area contributed by atoms with Crippen molar-refractivity contribution in [3.8, 4) is 11.4 Å². The van der Waals surface area contributed by atoms with Crippen molar-refractivity contribution in [1.29, 1.82) is 0 Å². The Hall–Kier alpha value is -4.67. The van der Waals surface area contributed by atoms with E-state index in [4.69, 9.17) is 10.2 Å². The van der Waals surface area contributed by atoms with Crippen LogP contribution in [0.5, 0.6) is 0 Å². The summed E-state index contributed by atoms with van der Waals surface area (Å²) in [5, 5.41) is 10.8. The third kappa shape index (κ3) is 6.25. The summed E-state index contributed by atoms with van der Waals surface area (Å²) in [7, 11) is 0. The second-order valence-electron chi connectivity index (χ2n) is 9.88. The molecule has 0 bridgehead atoms. The average Bonchev–Trinajstić information content (AvgIpc) is 3.43. The molecule has 11 heteroatoms. The van der Waals surface area contributed by atoms with E-state index in [1.807, 2.05) is 44.2 Å². The average molecular weight is 533 g/mol. The summed E-state index contributed by atoms with van der Waals surface area (Å²) in [4.78, 5) is 42.3. The van der Waals surface area contributed by atoms with Gasteiger partial charge in [0.2, 0.25) is 17.6 Å². The molecule has 4 rings (SSSR count). The molecule has 39 heavy (non-hydrogen) atoms. The highest BCUT2D eigenvalue weighted by Gasteiger charge is 2.30. The largest absolute Gasteiger partial charge is 0.417 e. The van der Waals surface area contributed by atoms with Gasteiger partial charge in [0, 0.05) is 18.5 Å². The first-order valence-electron chi connectivity index (χ1n) is 12.4. The zero-order valence-corrected chi connectivity index (χ0v) is 21.8. The van der Waals surface area contributed by atoms with Gasteiger partial charge in [0.1, 0.15) is 23.9 Å². The van der Waals surface area contributed by atoms with Crippen molar-refractivity contribution >= 4 is 17.4 Å². The lowest BCUT2D eigenvalue weighted by molar-refractivity contribution is -0.121. The van der Waals surface area contributed by atoms with Gasteiger partial charge < -0.3 is 15.5 Å². The Labute approximate surface area is 224 Å². The van der Waals surface area contributed by atoms with Gasteiger partial charge in [-0.1, -0.05) is 37.3 Å². The lowest BCUT2D eigenvalue weighted by atomic mass is 9.85. The molecule has 1 atom stereocenters. The maximum absolute atomic E-state index is 13.3. The lowest BCUT2D eigenvalue weighted by Gasteiger charge is -2.20. The number of benzene rings is 2. The number of rotatable bonds is 10. The maximum Gasteiger partial charge on any atom is 0.284 e. The number of ketones is 1. The molecule has 0 radical (unpaired) electrons. The van der Waals surface area contributed by atoms with E-state index in [2.05, 4.69) is 20.5 Å². The summed E-state index contributed by atoms with van der Waals surface area (Å²) >= 11 is 0. The molecule has 0 aliphatic heterocycles. The Morgan fingerprint density at radius 1 is 1.10 bits per heavy atom. The number of hydrogen-bond acceptors (Lipinski definition) is 8. The number of hydrogen-bond donors (Lipinski definition) is 2. The van der Waals surface area contributed by atoms with E-state index < -0.39 is 22.7 Å². The number of carbonyl (C=O) groups is 2. The van der Waals surface area contributed by atoms with Gasteiger partial charge in [0.05, 0.1) is 11.6 Å². The summed E-state index contributed by atoms with van der Waals surface area (Å²) < 4.78 is 20.2. The monoisotopic (exact) mass is 532 g/mol. The summed E-state index contributed by atoms with van der Waals surface area (Å²) in [6, 6.07) is 15.0. The molecule has 0 fully saturated rings. The Morgan fingerprint density at radius 2 is 1.79 bits per heavy atom. The van der Waals surface area contributed by atoms with Crippen LogP contribution in [0.2, 0.25) is 0 Å². The first-order valence-corrected chi connectivity index (χ1v) is 12.4. The molecule has 2 aromatic carbocycles. The molecular formula is C28H29FN6O4. The predicted molar refractivity (Wildman–Crippen MR) is 142 cm³/mol. The number of Topliss-reactive ketones (excluding diaryl/α,β-unsaturated/α-hetero) is 1. The molecule has 2 aromatic heterocycles. The summed E-state index contributed by atoms with van der Waals surface area (Å²) in [5.41, 5.74) is 5.85. The highest BCUT2D eigenvalue weighted by molar-refractivity contribution is 5.91. The van der Waals surface area contributed by atoms with Gasteiger partial charge in [-0.25, -0.2) is 9.37 Å². The van der Waals surface area contributed by atoms with Crippen LogP contribution in [-0.2, 0) is 16.8 Å². The van der Waals surface area contributed by atoms with E-state index >= 15 is 0 Å². The van der Waals surface area contributed by atoms with Crippen molar-refractivity contribution in [3.05, 3.63) is 94.3 Å². The minimum atomic E-state index is -0.590. The zero-order chi connectivity index (χ0) is 28.2. The van der Waals surface area contributed by atoms with Crippen LogP contribution < -0.4 is 16.6 Å². The van der Waals surface area contributed by atoms with E-state index in [0.717, 1.165) is 10.1 Å². The summed E-state index contributed by atoms with van der Waals surface area (Å²) in [5.74, 6) is -1.10. The quantitative estimate of drug-likeness (QED) is 0.296. The molecule has 3 N–H and O–H groups in total. The molecule has 0 saturated carbocycles. The highest BCUT2D eigenvalue weighted by atomic mass is 19.1. The van der Waals surface area contributed by atoms with Gasteiger partial charge in [-0.05, 0) is 49.6 Å². The van der Waals surface area contributed by atoms with Crippen molar-refractivity contribution in [2.45, 2.75) is 39.2 Å². The van der Waals surface area contributed by atoms with Crippen LogP contribution in [0.3, 0.4) is 0 Å². The summed E-state index contributed by atoms with van der Waals surface area (Å²) in [6.07, 6.45) is 1.27. The maximum atomic E-state index is 13.3. The van der Waals surface area contributed by atoms with E-state index in [0.29, 0.717) is 11.5 Å². The van der Waals surface area contributed by atoms with Crippen LogP contribution in [0.15, 0.2) is 70.0 Å². The molecule has 4 aromatic rings. The number of nitrogen functional groups attached to an aromatic ring is 1. The van der Waals surface area contributed by atoms with Gasteiger partial charge in [-0.3, -0.25) is 19.0 Å². The molecule has 0 saturated heterocycles. The number of nitrogens with two attached hydrogens (primary N) is 1. The molecule has 0 aliphatic carbocycles. The Kier molecular flexibility index (Phi) is 7.99. The molecular weight excluding hydrogens is 503 g/mol. The van der Waals surface area contributed by atoms with Crippen molar-refractivity contribution < 1.29 is 18.4 Å². The van der Waals surface area contributed by atoms with E-state index in [1.165, 1.54) is 30.5 Å². The third-order valence-corrected chi connectivity index (χ3v) is 6.35. The predicted octanol–water partition coefficient (Wildman–Crippen LogP) is 3.37. The topological polar surface area (TPSA) is 146 Å². The van der Waals surface area contributed by atoms with Crippen LogP contribution in [0.4, 0.5) is 10.1 Å². The van der Waals surface area contributed by atoms with Crippen LogP contribution in [-0.4, -0.2) is 38.0 Å². The van der Waals surface area contributed by atoms with Gasteiger partial charge in [-0.15, -0.1) is 10.2 Å². The lowest BCUT2D eigenvalue weighted by Crippen LogP contribution is -2.36. The fourth-order valence-electron chi connectivity index (χ4n) is 4.01. The summed E-state index contributed by atoms with van der Waals surface area (Å²) in [6.45, 7) is 5.47. The number of amides is 1. The standard InChI is InChI=1S/C28H29FN6O4/c1-17(13-22(36)25-33-34-27(39-25)28(2,3)19-7-5-4-6-8-19)14-31-23(37)16-35-24(32-15-21(30)26(35)38)18-9-11-20(29)12-10-18/h4-12,15,17H,13-14,16,30H2,1-3H3,(H,31,37)/t17-/m0/s1. The zero-order valence-electron chi connectivity index (χ0n) is 21.8. The SMILES string of the molecule is C[C@H](CNC(=O)Cn1c(-c2ccc(F)cc2)ncc(N)c1=O)CC(=O)c1nnc(C(C)(C)c2ccccc2)o1. The minimum Gasteiger partial charge on any atom is -0.417 e. The van der Waals surface area contributed by atoms with Crippen LogP contribution in [0, 0.1) is 11.7 Å². The third-order valence-electron chi connectivity index (χ3n) is 6.35. The first-order chi connectivity index (χ1) is 18.6. The first kappa shape index (κ1) is 27.4. The number of aromatic nitrogens is 4. The molecule has 1 amide bonds. The fourth-order valence-corrected chi connectivity index (χ4v) is 4.01. The normalized spacial score (nSPS) is 12.2. The number of anilines is 1. The van der Waals surface area contributed by atoms with Gasteiger partial charge in [0.25, 0.3) is 11.4 Å². The van der Waals surface area contributed by atoms with E-state index in [9.17, 15) is 18.8 Å². The molecule has 0 spiro atoms. The molecule has 0 aliphatic rings. The molecule has 10 nitrogen and oxygen atoms in total. The van der Waals surface area contributed by atoms with Gasteiger partial charge in [-0.2, -0.15) is 0 Å². The fraction of sp³-hybridized carbons (Fsp3) is 0.286. The smallest absolute Gasteiger partial charge is 0.284 e. The molecule has 2 heterocycles. The Morgan fingerprint density at radius 3 is 2.49 bits per heavy atom. The van der Waals surface area contributed by atoms with Crippen LogP contribution in [0.1, 0.15) is 49.3 Å². The second kappa shape index (κ2) is 11.4. The number of nitrogens with zero attached hydrogens (tertiary/aromatic N) is 4. The van der Waals surface area contributed by atoms with Crippen LogP contribution >= 0.6 is 0 Å². The van der Waals surface area contributed by atoms with Crippen molar-refractivity contribution in [3.63, 3.8) is 0 Å². The van der Waals surface area contributed by atoms with Crippen molar-refractivity contribution in [2.75, 3.05) is 12.3 Å². The second-order valence-corrected chi connectivity index (χ2v) is 9.88.